The largest absolute Gasteiger partial charge is 0.457 e. The number of nitrogens with zero attached hydrogens (tertiary/aromatic N) is 2. The van der Waals surface area contributed by atoms with Crippen molar-refractivity contribution in [3.8, 4) is 0 Å². The highest BCUT2D eigenvalue weighted by Crippen LogP contribution is 2.33. The molecule has 0 N–H and O–H groups in total. The minimum atomic E-state index is -0.574. The van der Waals surface area contributed by atoms with Crippen LogP contribution in [-0.2, 0) is 16.1 Å². The molecule has 0 fully saturated rings. The lowest BCUT2D eigenvalue weighted by atomic mass is 10.0. The van der Waals surface area contributed by atoms with Gasteiger partial charge in [0.2, 0.25) is 0 Å². The van der Waals surface area contributed by atoms with Crippen molar-refractivity contribution in [3.63, 3.8) is 0 Å². The number of thiazole rings is 1. The number of esters is 1. The Hall–Kier alpha value is -3.81. The summed E-state index contributed by atoms with van der Waals surface area (Å²) in [6, 6.07) is 22.7. The van der Waals surface area contributed by atoms with E-state index in [2.05, 4.69) is 4.99 Å². The normalized spacial score (nSPS) is 15.8. The van der Waals surface area contributed by atoms with E-state index in [4.69, 9.17) is 4.74 Å². The monoisotopic (exact) mass is 498 g/mol. The van der Waals surface area contributed by atoms with Crippen LogP contribution < -0.4 is 14.9 Å². The third-order valence-corrected chi connectivity index (χ3v) is 7.53. The Balaban J connectivity index is 1.52. The number of aromatic nitrogens is 1. The summed E-state index contributed by atoms with van der Waals surface area (Å²) in [4.78, 5) is 32.9. The van der Waals surface area contributed by atoms with Crippen molar-refractivity contribution in [1.29, 1.82) is 0 Å². The molecule has 1 aliphatic rings. The molecule has 2 aromatic heterocycles. The zero-order chi connectivity index (χ0) is 24.2. The molecule has 2 aromatic carbocycles. The molecule has 4 aromatic rings. The highest BCUT2D eigenvalue weighted by atomic mass is 32.1. The van der Waals surface area contributed by atoms with E-state index in [1.54, 1.807) is 17.6 Å². The number of rotatable bonds is 6. The van der Waals surface area contributed by atoms with Gasteiger partial charge in [0.1, 0.15) is 12.6 Å². The Morgan fingerprint density at radius 3 is 2.51 bits per heavy atom. The number of fused-ring (bicyclic) bond motifs is 1. The van der Waals surface area contributed by atoms with Gasteiger partial charge in [-0.05, 0) is 35.6 Å². The van der Waals surface area contributed by atoms with E-state index < -0.39 is 12.0 Å². The molecule has 7 heteroatoms. The summed E-state index contributed by atoms with van der Waals surface area (Å²) in [6.07, 6.45) is 5.62. The number of allylic oxidation sites excluding steroid dienone is 2. The van der Waals surface area contributed by atoms with Crippen molar-refractivity contribution in [3.05, 3.63) is 131 Å². The second kappa shape index (κ2) is 10.2. The fraction of sp³-hybridized carbons (Fsp3) is 0.107. The average Bonchev–Trinajstić information content (AvgIpc) is 3.52. The van der Waals surface area contributed by atoms with Crippen LogP contribution in [0.4, 0.5) is 0 Å². The van der Waals surface area contributed by atoms with Gasteiger partial charge in [-0.2, -0.15) is 0 Å². The topological polar surface area (TPSA) is 60.7 Å². The van der Waals surface area contributed by atoms with Gasteiger partial charge in [-0.15, -0.1) is 11.3 Å². The molecule has 0 saturated heterocycles. The van der Waals surface area contributed by atoms with Gasteiger partial charge in [-0.1, -0.05) is 90.2 Å². The van der Waals surface area contributed by atoms with Crippen LogP contribution in [0.1, 0.15) is 29.0 Å². The highest BCUT2D eigenvalue weighted by molar-refractivity contribution is 7.10. The van der Waals surface area contributed by atoms with Crippen molar-refractivity contribution < 1.29 is 9.53 Å². The summed E-state index contributed by atoms with van der Waals surface area (Å²) in [5, 5.41) is 1.94. The zero-order valence-corrected chi connectivity index (χ0v) is 20.6. The van der Waals surface area contributed by atoms with Gasteiger partial charge in [-0.3, -0.25) is 9.36 Å². The van der Waals surface area contributed by atoms with E-state index in [1.807, 2.05) is 90.3 Å². The quantitative estimate of drug-likeness (QED) is 0.362. The molecular formula is C28H22N2O3S2. The number of hydrogen-bond acceptors (Lipinski definition) is 6. The second-order valence-electron chi connectivity index (χ2n) is 7.95. The Bertz CT molecular complexity index is 1580. The molecule has 3 heterocycles. The maximum Gasteiger partial charge on any atom is 0.338 e. The lowest BCUT2D eigenvalue weighted by Crippen LogP contribution is -2.39. The van der Waals surface area contributed by atoms with Crippen LogP contribution in [0.3, 0.4) is 0 Å². The fourth-order valence-corrected chi connectivity index (χ4v) is 5.75. The van der Waals surface area contributed by atoms with Gasteiger partial charge in [0.25, 0.3) is 5.56 Å². The minimum absolute atomic E-state index is 0.155. The first-order chi connectivity index (χ1) is 17.1. The molecule has 174 valence electrons. The number of hydrogen-bond donors (Lipinski definition) is 0. The first kappa shape index (κ1) is 23.0. The summed E-state index contributed by atoms with van der Waals surface area (Å²) in [5.41, 5.74) is 2.73. The van der Waals surface area contributed by atoms with Crippen LogP contribution >= 0.6 is 22.7 Å². The molecule has 5 rings (SSSR count). The second-order valence-corrected chi connectivity index (χ2v) is 9.94. The van der Waals surface area contributed by atoms with Crippen LogP contribution in [-0.4, -0.2) is 10.5 Å². The molecular weight excluding hydrogens is 476 g/mol. The van der Waals surface area contributed by atoms with Crippen molar-refractivity contribution in [2.45, 2.75) is 19.6 Å². The molecule has 0 radical (unpaired) electrons. The van der Waals surface area contributed by atoms with Gasteiger partial charge in [0.05, 0.1) is 15.8 Å². The van der Waals surface area contributed by atoms with Crippen LogP contribution in [0.15, 0.2) is 105 Å². The summed E-state index contributed by atoms with van der Waals surface area (Å²) >= 11 is 2.82. The number of ether oxygens (including phenoxy) is 1. The molecule has 0 amide bonds. The van der Waals surface area contributed by atoms with Crippen LogP contribution in [0.25, 0.3) is 12.2 Å². The lowest BCUT2D eigenvalue weighted by molar-refractivity contribution is -0.140. The van der Waals surface area contributed by atoms with Crippen molar-refractivity contribution in [1.82, 2.24) is 4.57 Å². The van der Waals surface area contributed by atoms with Crippen LogP contribution in [0, 0.1) is 0 Å². The van der Waals surface area contributed by atoms with Gasteiger partial charge >= 0.3 is 5.97 Å². The Morgan fingerprint density at radius 1 is 1.06 bits per heavy atom. The van der Waals surface area contributed by atoms with E-state index in [9.17, 15) is 9.59 Å². The van der Waals surface area contributed by atoms with E-state index in [0.29, 0.717) is 20.6 Å². The van der Waals surface area contributed by atoms with Crippen molar-refractivity contribution >= 4 is 40.8 Å². The number of benzene rings is 2. The highest BCUT2D eigenvalue weighted by Gasteiger charge is 2.34. The van der Waals surface area contributed by atoms with Crippen molar-refractivity contribution in [2.75, 3.05) is 0 Å². The first-order valence-corrected chi connectivity index (χ1v) is 12.8. The Labute approximate surface area is 210 Å². The minimum Gasteiger partial charge on any atom is -0.457 e. The fourth-order valence-electron chi connectivity index (χ4n) is 3.92. The predicted octanol–water partition coefficient (Wildman–Crippen LogP) is 4.71. The van der Waals surface area contributed by atoms with Crippen LogP contribution in [0.5, 0.6) is 0 Å². The first-order valence-electron chi connectivity index (χ1n) is 11.1. The number of carbonyl (C=O) groups excluding carboxylic acids is 1. The van der Waals surface area contributed by atoms with Gasteiger partial charge in [0, 0.05) is 4.88 Å². The molecule has 1 atom stereocenters. The predicted molar refractivity (Wildman–Crippen MR) is 141 cm³/mol. The molecule has 0 saturated carbocycles. The molecule has 0 spiro atoms. The van der Waals surface area contributed by atoms with Gasteiger partial charge < -0.3 is 4.74 Å². The van der Waals surface area contributed by atoms with Gasteiger partial charge in [-0.25, -0.2) is 9.79 Å². The maximum absolute atomic E-state index is 13.5. The summed E-state index contributed by atoms with van der Waals surface area (Å²) in [6.45, 7) is 1.95. The molecule has 35 heavy (non-hydrogen) atoms. The summed E-state index contributed by atoms with van der Waals surface area (Å²) in [5.74, 6) is -0.466. The SMILES string of the molecule is CC1=C(C(=O)OCc2ccccc2)C(c2cccs2)n2c(sc(=CC=Cc3ccccc3)c2=O)=N1. The maximum atomic E-state index is 13.5. The molecule has 1 unspecified atom stereocenters. The Morgan fingerprint density at radius 2 is 1.80 bits per heavy atom. The van der Waals surface area contributed by atoms with Crippen molar-refractivity contribution in [2.24, 2.45) is 4.99 Å². The van der Waals surface area contributed by atoms with E-state index >= 15 is 0 Å². The molecule has 0 aliphatic carbocycles. The number of carbonyl (C=O) groups is 1. The van der Waals surface area contributed by atoms with E-state index in [-0.39, 0.29) is 12.2 Å². The number of thiophene rings is 1. The van der Waals surface area contributed by atoms with E-state index in [1.165, 1.54) is 22.7 Å². The molecule has 0 bridgehead atoms. The Kier molecular flexibility index (Phi) is 6.70. The standard InChI is InChI=1S/C28H22N2O3S2/c1-19-24(27(32)33-18-21-12-6-3-7-13-21)25(22-16-9-17-34-22)30-26(31)23(35-28(30)29-19)15-8-14-20-10-4-2-5-11-20/h2-17,25H,18H2,1H3. The molecule has 1 aliphatic heterocycles. The molecule has 5 nitrogen and oxygen atoms in total. The zero-order valence-electron chi connectivity index (χ0n) is 19.0. The van der Waals surface area contributed by atoms with Gasteiger partial charge in [0.15, 0.2) is 4.80 Å². The third kappa shape index (κ3) is 4.87. The average molecular weight is 499 g/mol. The smallest absolute Gasteiger partial charge is 0.338 e. The van der Waals surface area contributed by atoms with E-state index in [0.717, 1.165) is 16.0 Å². The van der Waals surface area contributed by atoms with Crippen LogP contribution in [0.2, 0.25) is 0 Å². The lowest BCUT2D eigenvalue weighted by Gasteiger charge is -2.23. The third-order valence-electron chi connectivity index (χ3n) is 5.60. The summed E-state index contributed by atoms with van der Waals surface area (Å²) < 4.78 is 7.83. The summed E-state index contributed by atoms with van der Waals surface area (Å²) in [7, 11) is 0.